The monoisotopic (exact) mass is 403 g/mol. The number of carbonyl (C=O) groups is 1. The summed E-state index contributed by atoms with van der Waals surface area (Å²) in [5.74, 6) is 2.22. The van der Waals surface area contributed by atoms with Crippen LogP contribution in [0.3, 0.4) is 0 Å². The predicted molar refractivity (Wildman–Crippen MR) is 114 cm³/mol. The van der Waals surface area contributed by atoms with Crippen LogP contribution in [0.1, 0.15) is 39.8 Å². The van der Waals surface area contributed by atoms with Crippen molar-refractivity contribution >= 4 is 22.6 Å². The number of benzene rings is 2. The van der Waals surface area contributed by atoms with E-state index in [1.165, 1.54) is 0 Å². The van der Waals surface area contributed by atoms with E-state index in [-0.39, 0.29) is 23.8 Å². The average Bonchev–Trinajstić information content (AvgIpc) is 3.13. The zero-order chi connectivity index (χ0) is 21.3. The number of aryl methyl sites for hydroxylation is 1. The number of aromatic carboxylic acids is 1. The van der Waals surface area contributed by atoms with Crippen molar-refractivity contribution in [2.24, 2.45) is 0 Å². The number of nitrogens with one attached hydrogen (secondary N) is 1. The second-order valence-corrected chi connectivity index (χ2v) is 7.25. The number of methoxy groups -OCH3 is 1. The molecule has 0 fully saturated rings. The third kappa shape index (κ3) is 3.53. The molecule has 0 aliphatic heterocycles. The summed E-state index contributed by atoms with van der Waals surface area (Å²) in [7, 11) is 1.56. The third-order valence-electron chi connectivity index (χ3n) is 5.43. The molecule has 4 rings (SSSR count). The highest BCUT2D eigenvalue weighted by Crippen LogP contribution is 2.39. The maximum absolute atomic E-state index is 12.6. The van der Waals surface area contributed by atoms with Crippen LogP contribution < -0.4 is 10.5 Å². The van der Waals surface area contributed by atoms with Gasteiger partial charge in [-0.05, 0) is 60.4 Å². The lowest BCUT2D eigenvalue weighted by molar-refractivity contribution is 0.0697. The first-order chi connectivity index (χ1) is 14.5. The van der Waals surface area contributed by atoms with Crippen molar-refractivity contribution in [2.75, 3.05) is 18.6 Å². The SMILES string of the molecule is C#CCN(c1ccc(C(=O)O)cc1)[C@H]1CCc2cc3nc(COC)[nH]c(=O)c3cc21. The van der Waals surface area contributed by atoms with Gasteiger partial charge >= 0.3 is 5.97 Å². The lowest BCUT2D eigenvalue weighted by atomic mass is 10.0. The molecule has 1 aliphatic rings. The molecule has 30 heavy (non-hydrogen) atoms. The molecule has 7 heteroatoms. The van der Waals surface area contributed by atoms with E-state index < -0.39 is 5.97 Å². The molecule has 0 radical (unpaired) electrons. The molecule has 0 unspecified atom stereocenters. The van der Waals surface area contributed by atoms with Gasteiger partial charge in [0.15, 0.2) is 0 Å². The number of aromatic nitrogens is 2. The Balaban J connectivity index is 1.76. The highest BCUT2D eigenvalue weighted by Gasteiger charge is 2.29. The number of fused-ring (bicyclic) bond motifs is 2. The number of H-pyrrole nitrogens is 1. The molecule has 152 valence electrons. The Bertz CT molecular complexity index is 1210. The summed E-state index contributed by atoms with van der Waals surface area (Å²) < 4.78 is 5.08. The summed E-state index contributed by atoms with van der Waals surface area (Å²) in [6.45, 7) is 0.614. The van der Waals surface area contributed by atoms with Crippen molar-refractivity contribution in [1.82, 2.24) is 9.97 Å². The molecule has 1 heterocycles. The lowest BCUT2D eigenvalue weighted by Gasteiger charge is -2.30. The Morgan fingerprint density at radius 2 is 2.13 bits per heavy atom. The highest BCUT2D eigenvalue weighted by atomic mass is 16.5. The van der Waals surface area contributed by atoms with Crippen LogP contribution in [0.2, 0.25) is 0 Å². The molecule has 1 aromatic heterocycles. The fourth-order valence-corrected chi connectivity index (χ4v) is 4.07. The fraction of sp³-hybridized carbons (Fsp3) is 0.261. The van der Waals surface area contributed by atoms with Crippen LogP contribution in [0, 0.1) is 12.3 Å². The van der Waals surface area contributed by atoms with Crippen LogP contribution in [0.4, 0.5) is 5.69 Å². The van der Waals surface area contributed by atoms with Gasteiger partial charge in [-0.25, -0.2) is 9.78 Å². The molecule has 2 N–H and O–H groups in total. The smallest absolute Gasteiger partial charge is 0.335 e. The summed E-state index contributed by atoms with van der Waals surface area (Å²) in [5.41, 5.74) is 3.71. The second kappa shape index (κ2) is 8.01. The van der Waals surface area contributed by atoms with Crippen molar-refractivity contribution < 1.29 is 14.6 Å². The first kappa shape index (κ1) is 19.7. The summed E-state index contributed by atoms with van der Waals surface area (Å²) in [5, 5.41) is 9.68. The van der Waals surface area contributed by atoms with Crippen LogP contribution in [0.5, 0.6) is 0 Å². The molecule has 0 saturated carbocycles. The maximum atomic E-state index is 12.6. The average molecular weight is 403 g/mol. The number of ether oxygens (including phenoxy) is 1. The Labute approximate surface area is 173 Å². The molecule has 1 aliphatic carbocycles. The first-order valence-corrected chi connectivity index (χ1v) is 9.60. The van der Waals surface area contributed by atoms with Crippen molar-refractivity contribution in [3.05, 3.63) is 69.3 Å². The third-order valence-corrected chi connectivity index (χ3v) is 5.43. The van der Waals surface area contributed by atoms with Gasteiger partial charge in [0.05, 0.1) is 29.1 Å². The van der Waals surface area contributed by atoms with Crippen molar-refractivity contribution in [1.29, 1.82) is 0 Å². The number of anilines is 1. The minimum atomic E-state index is -0.970. The van der Waals surface area contributed by atoms with E-state index in [2.05, 4.69) is 20.8 Å². The van der Waals surface area contributed by atoms with Gasteiger partial charge in [0.25, 0.3) is 5.56 Å². The van der Waals surface area contributed by atoms with Crippen LogP contribution in [-0.4, -0.2) is 34.7 Å². The van der Waals surface area contributed by atoms with Gasteiger partial charge in [0.1, 0.15) is 12.4 Å². The normalized spacial score (nSPS) is 15.0. The highest BCUT2D eigenvalue weighted by molar-refractivity contribution is 5.88. The van der Waals surface area contributed by atoms with Gasteiger partial charge in [-0.15, -0.1) is 6.42 Å². The number of nitrogens with zero attached hydrogens (tertiary/aromatic N) is 2. The zero-order valence-corrected chi connectivity index (χ0v) is 16.5. The van der Waals surface area contributed by atoms with Gasteiger partial charge in [-0.3, -0.25) is 4.79 Å². The van der Waals surface area contributed by atoms with Crippen LogP contribution >= 0.6 is 0 Å². The number of aromatic amines is 1. The van der Waals surface area contributed by atoms with E-state index in [4.69, 9.17) is 16.3 Å². The Morgan fingerprint density at radius 1 is 1.37 bits per heavy atom. The van der Waals surface area contributed by atoms with Crippen molar-refractivity contribution in [3.63, 3.8) is 0 Å². The largest absolute Gasteiger partial charge is 0.478 e. The number of hydrogen-bond acceptors (Lipinski definition) is 5. The molecular weight excluding hydrogens is 382 g/mol. The van der Waals surface area contributed by atoms with Gasteiger partial charge in [-0.1, -0.05) is 5.92 Å². The molecule has 0 bridgehead atoms. The van der Waals surface area contributed by atoms with E-state index in [1.807, 2.05) is 12.1 Å². The summed E-state index contributed by atoms with van der Waals surface area (Å²) in [6, 6.07) is 10.6. The first-order valence-electron chi connectivity index (χ1n) is 9.60. The van der Waals surface area contributed by atoms with E-state index in [0.717, 1.165) is 29.7 Å². The van der Waals surface area contributed by atoms with Crippen LogP contribution in [-0.2, 0) is 17.8 Å². The molecule has 1 atom stereocenters. The summed E-state index contributed by atoms with van der Waals surface area (Å²) in [4.78, 5) is 33.1. The van der Waals surface area contributed by atoms with Gasteiger partial charge < -0.3 is 19.7 Å². The van der Waals surface area contributed by atoms with Crippen LogP contribution in [0.15, 0.2) is 41.2 Å². The molecule has 0 amide bonds. The van der Waals surface area contributed by atoms with Crippen LogP contribution in [0.25, 0.3) is 10.9 Å². The molecule has 7 nitrogen and oxygen atoms in total. The van der Waals surface area contributed by atoms with Crippen molar-refractivity contribution in [3.8, 4) is 12.3 Å². The van der Waals surface area contributed by atoms with Gasteiger partial charge in [0.2, 0.25) is 0 Å². The van der Waals surface area contributed by atoms with Crippen molar-refractivity contribution in [2.45, 2.75) is 25.5 Å². The molecule has 3 aromatic rings. The second-order valence-electron chi connectivity index (χ2n) is 7.25. The number of rotatable bonds is 6. The number of terminal acetylenes is 1. The van der Waals surface area contributed by atoms with E-state index in [0.29, 0.717) is 23.3 Å². The number of hydrogen-bond donors (Lipinski definition) is 2. The maximum Gasteiger partial charge on any atom is 0.335 e. The van der Waals surface area contributed by atoms with Gasteiger partial charge in [-0.2, -0.15) is 0 Å². The van der Waals surface area contributed by atoms with E-state index in [9.17, 15) is 9.59 Å². The lowest BCUT2D eigenvalue weighted by Crippen LogP contribution is -2.28. The Morgan fingerprint density at radius 3 is 2.80 bits per heavy atom. The van der Waals surface area contributed by atoms with Gasteiger partial charge in [0, 0.05) is 12.8 Å². The Kier molecular flexibility index (Phi) is 5.25. The fourth-order valence-electron chi connectivity index (χ4n) is 4.07. The number of carboxylic acids is 1. The van der Waals surface area contributed by atoms with E-state index in [1.54, 1.807) is 31.4 Å². The quantitative estimate of drug-likeness (QED) is 0.615. The zero-order valence-electron chi connectivity index (χ0n) is 16.5. The topological polar surface area (TPSA) is 95.5 Å². The predicted octanol–water partition coefficient (Wildman–Crippen LogP) is 2.89. The minimum absolute atomic E-state index is 0.00539. The van der Waals surface area contributed by atoms with E-state index >= 15 is 0 Å². The number of carboxylic acid groups (broad SMARTS) is 1. The molecule has 2 aromatic carbocycles. The minimum Gasteiger partial charge on any atom is -0.478 e. The summed E-state index contributed by atoms with van der Waals surface area (Å²) in [6.07, 6.45) is 7.32. The Hall–Kier alpha value is -3.63. The molecule has 0 saturated heterocycles. The standard InChI is InChI=1S/C23H21N3O4/c1-3-10-26(16-7-4-14(5-8-16)23(28)29)20-9-6-15-11-19-18(12-17(15)20)22(27)25-21(24-19)13-30-2/h1,4-5,7-8,11-12,20H,6,9-10,13H2,2H3,(H,28,29)(H,24,25,27)/t20-/m0/s1. The summed E-state index contributed by atoms with van der Waals surface area (Å²) >= 11 is 0. The molecule has 0 spiro atoms. The molecular formula is C23H21N3O4.